The smallest absolute Gasteiger partial charge is 0.358 e. The summed E-state index contributed by atoms with van der Waals surface area (Å²) in [6.45, 7) is 6.32. The SMILES string of the molecule is COC(=O)c1c(-c2ccsc2)c2cc(Cl)ccc2c(=O)n1Cc1ccc2c(c1)CCO2.COC(=O)c1c(OCCc2ccccc2)c2cc(Br)ccc2c(=O)n1Cc1ccc2c(c1)CCO2.Cc1c(-c2sccc2CO)c2cc(Cl)ccc2c(=O)n1Cc1ccc(C(=O)O)cc1.Cc1c(N)c2ccccc2c(=O)n1Cc1ccc(S(C)(=O)=O)cc1. The van der Waals surface area contributed by atoms with Crippen LogP contribution in [0.15, 0.2) is 251 Å². The number of carboxylic acid groups (broad SMARTS) is 1. The Morgan fingerprint density at radius 2 is 1.03 bits per heavy atom. The highest BCUT2D eigenvalue weighted by molar-refractivity contribution is 9.10. The Labute approximate surface area is 714 Å². The first-order valence-corrected chi connectivity index (χ1v) is 43.1. The van der Waals surface area contributed by atoms with Gasteiger partial charge >= 0.3 is 17.9 Å². The summed E-state index contributed by atoms with van der Waals surface area (Å²) < 4.78 is 57.8. The van der Waals surface area contributed by atoms with E-state index in [9.17, 15) is 47.1 Å². The summed E-state index contributed by atoms with van der Waals surface area (Å²) in [4.78, 5) is 91.5. The zero-order valence-electron chi connectivity index (χ0n) is 65.5. The van der Waals surface area contributed by atoms with Crippen molar-refractivity contribution in [1.29, 1.82) is 0 Å². The van der Waals surface area contributed by atoms with Crippen LogP contribution in [0.3, 0.4) is 0 Å². The number of ether oxygens (including phenoxy) is 5. The lowest BCUT2D eigenvalue weighted by molar-refractivity contribution is 0.0575. The second-order valence-electron chi connectivity index (χ2n) is 28.6. The Morgan fingerprint density at radius 1 is 0.533 bits per heavy atom. The molecule has 0 saturated heterocycles. The summed E-state index contributed by atoms with van der Waals surface area (Å²) in [5, 5.41) is 30.5. The van der Waals surface area contributed by atoms with Gasteiger partial charge in [-0.3, -0.25) is 28.3 Å². The number of methoxy groups -OCH3 is 2. The van der Waals surface area contributed by atoms with Crippen molar-refractivity contribution in [3.63, 3.8) is 0 Å². The minimum atomic E-state index is -3.23. The zero-order chi connectivity index (χ0) is 84.8. The molecule has 610 valence electrons. The molecular formula is C93H78BrCl2N5O16S3. The van der Waals surface area contributed by atoms with Crippen LogP contribution in [-0.2, 0) is 71.4 Å². The van der Waals surface area contributed by atoms with E-state index in [-0.39, 0.29) is 63.8 Å². The molecule has 0 spiro atoms. The number of fused-ring (bicyclic) bond motifs is 6. The molecular weight excluding hydrogens is 1690 g/mol. The molecule has 0 bridgehead atoms. The van der Waals surface area contributed by atoms with Crippen LogP contribution >= 0.6 is 61.8 Å². The van der Waals surface area contributed by atoms with Gasteiger partial charge in [0.2, 0.25) is 0 Å². The molecule has 15 aromatic rings. The van der Waals surface area contributed by atoms with E-state index in [1.165, 1.54) is 64.4 Å². The number of nitrogens with two attached hydrogens (primary N) is 1. The Hall–Kier alpha value is -12.2. The van der Waals surface area contributed by atoms with Crippen molar-refractivity contribution in [2.45, 2.75) is 70.8 Å². The molecule has 120 heavy (non-hydrogen) atoms. The number of esters is 2. The molecule has 6 aromatic heterocycles. The minimum absolute atomic E-state index is 0.101. The number of carboxylic acids is 1. The van der Waals surface area contributed by atoms with E-state index < -0.39 is 27.7 Å². The number of halogens is 3. The monoisotopic (exact) mass is 1770 g/mol. The van der Waals surface area contributed by atoms with Crippen molar-refractivity contribution in [1.82, 2.24) is 18.3 Å². The highest BCUT2D eigenvalue weighted by Gasteiger charge is 2.29. The van der Waals surface area contributed by atoms with Crippen molar-refractivity contribution in [3.05, 3.63) is 351 Å². The summed E-state index contributed by atoms with van der Waals surface area (Å²) in [7, 11) is -0.602. The first-order valence-electron chi connectivity index (χ1n) is 37.9. The Morgan fingerprint density at radius 3 is 1.59 bits per heavy atom. The number of pyridine rings is 4. The first kappa shape index (κ1) is 84.3. The van der Waals surface area contributed by atoms with E-state index >= 15 is 0 Å². The number of aromatic nitrogens is 4. The van der Waals surface area contributed by atoms with Gasteiger partial charge in [-0.25, -0.2) is 22.8 Å². The summed E-state index contributed by atoms with van der Waals surface area (Å²) in [6, 6.07) is 61.5. The van der Waals surface area contributed by atoms with E-state index in [4.69, 9.17) is 57.7 Å². The molecule has 2 aliphatic rings. The van der Waals surface area contributed by atoms with Crippen molar-refractivity contribution in [2.24, 2.45) is 0 Å². The maximum atomic E-state index is 13.6. The third-order valence-corrected chi connectivity index (χ3v) is 24.8. The largest absolute Gasteiger partial charge is 0.493 e. The number of nitrogens with zero attached hydrogens (tertiary/aromatic N) is 4. The lowest BCUT2D eigenvalue weighted by atomic mass is 9.98. The van der Waals surface area contributed by atoms with Gasteiger partial charge < -0.3 is 48.8 Å². The Balaban J connectivity index is 0.000000132. The second-order valence-corrected chi connectivity index (χ2v) is 34.1. The second kappa shape index (κ2) is 36.6. The topological polar surface area (TPSA) is 286 Å². The van der Waals surface area contributed by atoms with Crippen LogP contribution in [0, 0.1) is 13.8 Å². The molecule has 21 nitrogen and oxygen atoms in total. The molecule has 27 heteroatoms. The molecule has 0 unspecified atom stereocenters. The molecule has 8 heterocycles. The number of thiophene rings is 2. The number of sulfone groups is 1. The van der Waals surface area contributed by atoms with Gasteiger partial charge in [-0.05, 0) is 200 Å². The van der Waals surface area contributed by atoms with Crippen molar-refractivity contribution >= 4 is 138 Å². The van der Waals surface area contributed by atoms with E-state index in [1.54, 1.807) is 100 Å². The number of hydrogen-bond acceptors (Lipinski definition) is 18. The quantitative estimate of drug-likeness (QED) is 0.0634. The van der Waals surface area contributed by atoms with Gasteiger partial charge in [0.15, 0.2) is 21.3 Å². The third-order valence-electron chi connectivity index (χ3n) is 21.0. The van der Waals surface area contributed by atoms with Crippen LogP contribution in [0.25, 0.3) is 64.7 Å². The number of hydrogen-bond donors (Lipinski definition) is 3. The zero-order valence-corrected chi connectivity index (χ0v) is 71.0. The average molecular weight is 1770 g/mol. The van der Waals surface area contributed by atoms with Gasteiger partial charge in [-0.1, -0.05) is 136 Å². The summed E-state index contributed by atoms with van der Waals surface area (Å²) in [5.41, 5.74) is 17.9. The van der Waals surface area contributed by atoms with Crippen LogP contribution < -0.4 is 42.2 Å². The summed E-state index contributed by atoms with van der Waals surface area (Å²) >= 11 is 19.0. The number of aliphatic hydroxyl groups excluding tert-OH is 1. The lowest BCUT2D eigenvalue weighted by Gasteiger charge is -2.19. The molecule has 0 aliphatic carbocycles. The van der Waals surface area contributed by atoms with Crippen LogP contribution in [0.1, 0.15) is 87.2 Å². The maximum absolute atomic E-state index is 13.6. The van der Waals surface area contributed by atoms with E-state index in [0.717, 1.165) is 106 Å². The fourth-order valence-corrected chi connectivity index (χ4v) is 17.9. The molecule has 0 atom stereocenters. The molecule has 2 aliphatic heterocycles. The number of nitrogen functional groups attached to an aromatic ring is 1. The standard InChI is InChI=1S/C28H24BrNO5.C24H18ClNO4S.C23H18ClNO4S.C18H18N2O3S/c1-33-28(32)25-26(35-13-11-18-5-3-2-4-6-18)23-16-21(29)8-9-22(23)27(31)30(25)17-19-7-10-24-20(15-19)12-14-34-24;1-29-24(28)22-21(16-7-9-31-13-16)19-11-17(25)3-4-18(19)23(27)26(22)12-14-2-5-20-15(10-14)6-8-30-20;1-13-20(21-16(12-26)8-9-30-21)19-10-17(24)6-7-18(19)22(27)25(13)11-14-2-4-15(5-3-14)23(28)29;1-12-17(19)15-5-3-4-6-16(15)18(21)20(12)11-13-7-9-14(10-8-13)24(2,22)23/h2-10,15-16H,11-14,17H2,1H3;2-5,7,9-11,13H,6,8,12H2,1H3;2-10,26H,11-12H2,1H3,(H,28,29);3-10H,11,19H2,1-2H3. The van der Waals surface area contributed by atoms with Crippen LogP contribution in [0.2, 0.25) is 10.0 Å². The van der Waals surface area contributed by atoms with Gasteiger partial charge in [0.25, 0.3) is 22.2 Å². The number of rotatable bonds is 19. The normalized spacial score (nSPS) is 12.0. The Bertz CT molecular complexity index is 6890. The molecule has 17 rings (SSSR count). The van der Waals surface area contributed by atoms with E-state index in [0.29, 0.717) is 104 Å². The fourth-order valence-electron chi connectivity index (χ4n) is 14.9. The van der Waals surface area contributed by atoms with Gasteiger partial charge in [0.1, 0.15) is 17.2 Å². The summed E-state index contributed by atoms with van der Waals surface area (Å²) in [6.07, 6.45) is 3.47. The predicted molar refractivity (Wildman–Crippen MR) is 476 cm³/mol. The van der Waals surface area contributed by atoms with Gasteiger partial charge in [0, 0.05) is 94.4 Å². The fraction of sp³-hybridized carbons (Fsp3) is 0.172. The first-order chi connectivity index (χ1) is 57.8. The highest BCUT2D eigenvalue weighted by Crippen LogP contribution is 2.40. The molecule has 0 fully saturated rings. The summed E-state index contributed by atoms with van der Waals surface area (Å²) in [5.74, 6) is -0.103. The van der Waals surface area contributed by atoms with Gasteiger partial charge in [0.05, 0.1) is 88.4 Å². The molecule has 0 saturated carbocycles. The molecule has 9 aromatic carbocycles. The molecule has 4 N–H and O–H groups in total. The van der Waals surface area contributed by atoms with Crippen LogP contribution in [-0.4, -0.2) is 95.1 Å². The Kier molecular flexibility index (Phi) is 25.7. The maximum Gasteiger partial charge on any atom is 0.358 e. The predicted octanol–water partition coefficient (Wildman–Crippen LogP) is 17.6. The number of carbonyl (C=O) groups excluding carboxylic acids is 2. The highest BCUT2D eigenvalue weighted by atomic mass is 79.9. The average Bonchev–Trinajstić information content (AvgIpc) is 0.780. The number of benzene rings is 9. The lowest BCUT2D eigenvalue weighted by Crippen LogP contribution is -2.28. The van der Waals surface area contributed by atoms with Gasteiger partial charge in [-0.15, -0.1) is 11.3 Å². The number of anilines is 1. The van der Waals surface area contributed by atoms with E-state index in [1.807, 2.05) is 133 Å². The third kappa shape index (κ3) is 17.9. The number of aromatic carboxylic acids is 1. The molecule has 0 radical (unpaired) electrons. The number of aliphatic hydroxyl groups is 1. The van der Waals surface area contributed by atoms with Crippen molar-refractivity contribution in [3.8, 4) is 38.8 Å². The van der Waals surface area contributed by atoms with E-state index in [2.05, 4.69) is 15.9 Å². The van der Waals surface area contributed by atoms with Crippen LogP contribution in [0.5, 0.6) is 17.2 Å². The molecule has 0 amide bonds. The van der Waals surface area contributed by atoms with Gasteiger partial charge in [-0.2, -0.15) is 11.3 Å². The van der Waals surface area contributed by atoms with Crippen molar-refractivity contribution < 1.29 is 56.7 Å². The minimum Gasteiger partial charge on any atom is -0.493 e. The van der Waals surface area contributed by atoms with Crippen molar-refractivity contribution in [2.75, 3.05) is 46.0 Å². The van der Waals surface area contributed by atoms with Crippen LogP contribution in [0.4, 0.5) is 5.69 Å². The number of carbonyl (C=O) groups is 3.